The third-order valence-electron chi connectivity index (χ3n) is 11.4. The van der Waals surface area contributed by atoms with Crippen molar-refractivity contribution in [2.45, 2.75) is 51.9 Å². The molecule has 0 amide bonds. The Morgan fingerprint density at radius 1 is 0.531 bits per heavy atom. The van der Waals surface area contributed by atoms with Crippen LogP contribution in [-0.2, 0) is 0 Å². The lowest BCUT2D eigenvalue weighted by atomic mass is 10.1. The smallest absolute Gasteiger partial charge is 0.229 e. The molecule has 2 aliphatic heterocycles. The summed E-state index contributed by atoms with van der Waals surface area (Å²) in [7, 11) is 0. The van der Waals surface area contributed by atoms with Crippen molar-refractivity contribution in [2.75, 3.05) is 46.6 Å². The van der Waals surface area contributed by atoms with Crippen LogP contribution in [0.1, 0.15) is 27.7 Å². The number of aromatic nitrogens is 8. The van der Waals surface area contributed by atoms with Gasteiger partial charge in [-0.2, -0.15) is 19.2 Å². The van der Waals surface area contributed by atoms with E-state index in [1.54, 1.807) is 70.5 Å². The number of anilines is 6. The second-order valence-corrected chi connectivity index (χ2v) is 16.1. The maximum Gasteiger partial charge on any atom is 0.229 e. The van der Waals surface area contributed by atoms with Gasteiger partial charge in [-0.25, -0.2) is 27.5 Å². The maximum atomic E-state index is 14.3. The number of nitrogens with one attached hydrogen (secondary N) is 4. The van der Waals surface area contributed by atoms with E-state index in [0.717, 1.165) is 48.9 Å². The zero-order valence-electron chi connectivity index (χ0n) is 35.5. The molecule has 18 heteroatoms. The summed E-state index contributed by atoms with van der Waals surface area (Å²) in [5.74, 6) is -1.79. The predicted octanol–water partition coefficient (Wildman–Crippen LogP) is 8.00. The van der Waals surface area contributed by atoms with Gasteiger partial charge in [0.05, 0.1) is 81.1 Å². The molecule has 4 atom stereocenters. The number of hydrogen-bond acceptors (Lipinski definition) is 12. The van der Waals surface area contributed by atoms with E-state index in [1.807, 2.05) is 12.1 Å². The summed E-state index contributed by atoms with van der Waals surface area (Å²) in [4.78, 5) is 22.1. The third kappa shape index (κ3) is 8.48. The van der Waals surface area contributed by atoms with Crippen LogP contribution in [-0.4, -0.2) is 89.5 Å². The molecule has 2 aliphatic rings. The van der Waals surface area contributed by atoms with Crippen LogP contribution >= 0.6 is 0 Å². The van der Waals surface area contributed by atoms with Gasteiger partial charge in [-0.05, 0) is 88.4 Å². The minimum Gasteiger partial charge on any atom is -0.364 e. The molecule has 0 spiro atoms. The van der Waals surface area contributed by atoms with Crippen LogP contribution in [0.15, 0.2) is 110 Å². The van der Waals surface area contributed by atoms with Gasteiger partial charge < -0.3 is 31.1 Å². The summed E-state index contributed by atoms with van der Waals surface area (Å²) in [6, 6.07) is 19.4. The van der Waals surface area contributed by atoms with Crippen molar-refractivity contribution in [2.24, 2.45) is 0 Å². The first-order valence-corrected chi connectivity index (χ1v) is 21.0. The first-order chi connectivity index (χ1) is 31.0. The summed E-state index contributed by atoms with van der Waals surface area (Å²) in [5.41, 5.74) is 5.01. The average molecular weight is 871 g/mol. The zero-order chi connectivity index (χ0) is 44.5. The Labute approximate surface area is 366 Å². The van der Waals surface area contributed by atoms with Crippen LogP contribution in [0.5, 0.6) is 0 Å². The van der Waals surface area contributed by atoms with Crippen molar-refractivity contribution < 1.29 is 17.6 Å². The molecule has 0 bridgehead atoms. The lowest BCUT2D eigenvalue weighted by Crippen LogP contribution is -2.54. The van der Waals surface area contributed by atoms with Gasteiger partial charge >= 0.3 is 0 Å². The Balaban J connectivity index is 0.000000162. The molecule has 2 saturated heterocycles. The Bertz CT molecular complexity index is 2700. The van der Waals surface area contributed by atoms with E-state index >= 15 is 0 Å². The second-order valence-electron chi connectivity index (χ2n) is 16.1. The molecular formula is C46H46F4N14. The van der Waals surface area contributed by atoms with Gasteiger partial charge in [-0.1, -0.05) is 12.1 Å². The van der Waals surface area contributed by atoms with E-state index in [9.17, 15) is 17.6 Å². The fourth-order valence-electron chi connectivity index (χ4n) is 8.11. The minimum absolute atomic E-state index is 0.167. The molecule has 8 aromatic rings. The maximum absolute atomic E-state index is 14.3. The van der Waals surface area contributed by atoms with Crippen molar-refractivity contribution >= 4 is 45.7 Å². The summed E-state index contributed by atoms with van der Waals surface area (Å²) in [6.45, 7) is 12.1. The topological polar surface area (TPSA) is 141 Å². The number of halogens is 4. The first kappa shape index (κ1) is 42.1. The monoisotopic (exact) mass is 870 g/mol. The van der Waals surface area contributed by atoms with Crippen molar-refractivity contribution in [3.63, 3.8) is 0 Å². The van der Waals surface area contributed by atoms with Gasteiger partial charge in [0.1, 0.15) is 23.3 Å². The SMILES string of the molecule is C[C@@H]1CN(c2ccncc2Nc2ncc3ccc(-c4c(F)cccc4F)nn23)[C@@H](C)CN1.C[C@@H]1CN[C@@H](C)CN1c1ccncc1Nc1ncc2ccc(-c3c(F)cccc3F)nn12. The Hall–Kier alpha value is -7.18. The average Bonchev–Trinajstić information content (AvgIpc) is 3.89. The third-order valence-corrected chi connectivity index (χ3v) is 11.4. The molecule has 64 heavy (non-hydrogen) atoms. The molecule has 2 fully saturated rings. The van der Waals surface area contributed by atoms with Crippen molar-refractivity contribution in [1.29, 1.82) is 0 Å². The Kier molecular flexibility index (Phi) is 11.8. The van der Waals surface area contributed by atoms with Crippen molar-refractivity contribution in [1.82, 2.24) is 49.8 Å². The van der Waals surface area contributed by atoms with E-state index in [1.165, 1.54) is 36.4 Å². The van der Waals surface area contributed by atoms with Crippen molar-refractivity contribution in [3.05, 3.63) is 133 Å². The van der Waals surface area contributed by atoms with Crippen LogP contribution in [0, 0.1) is 23.3 Å². The highest BCUT2D eigenvalue weighted by Gasteiger charge is 2.27. The van der Waals surface area contributed by atoms with Crippen LogP contribution < -0.4 is 31.1 Å². The summed E-state index contributed by atoms with van der Waals surface area (Å²) >= 11 is 0. The standard InChI is InChI=1S/2C23H23F2N7/c2*1-14-13-31(15(2)10-27-14)21-8-9-26-12-20(21)29-23-28-11-16-6-7-19(30-32(16)23)22-17(24)4-3-5-18(22)25/h2*3-9,11-12,14-15,27H,10,13H2,1-2H3,(H,28,29)/t2*14-,15+/m10/s1. The molecular weight excluding hydrogens is 825 g/mol. The second kappa shape index (κ2) is 17.9. The largest absolute Gasteiger partial charge is 0.364 e. The number of nitrogens with zero attached hydrogens (tertiary/aromatic N) is 10. The van der Waals surface area contributed by atoms with Gasteiger partial charge in [0.2, 0.25) is 11.9 Å². The molecule has 4 N–H and O–H groups in total. The van der Waals surface area contributed by atoms with E-state index in [0.29, 0.717) is 47.1 Å². The fraction of sp³-hybridized carbons (Fsp3) is 0.261. The highest BCUT2D eigenvalue weighted by Crippen LogP contribution is 2.33. The van der Waals surface area contributed by atoms with E-state index in [2.05, 4.69) is 88.9 Å². The highest BCUT2D eigenvalue weighted by molar-refractivity contribution is 5.76. The number of hydrogen-bond donors (Lipinski definition) is 4. The normalized spacial score (nSPS) is 18.8. The lowest BCUT2D eigenvalue weighted by Gasteiger charge is -2.40. The number of imidazole rings is 2. The zero-order valence-corrected chi connectivity index (χ0v) is 35.5. The molecule has 328 valence electrons. The molecule has 2 aromatic carbocycles. The Morgan fingerprint density at radius 3 is 1.34 bits per heavy atom. The van der Waals surface area contributed by atoms with Crippen LogP contribution in [0.3, 0.4) is 0 Å². The van der Waals surface area contributed by atoms with Crippen LogP contribution in [0.25, 0.3) is 33.5 Å². The molecule has 8 heterocycles. The number of piperazine rings is 2. The quantitative estimate of drug-likeness (QED) is 0.110. The summed E-state index contributed by atoms with van der Waals surface area (Å²) < 4.78 is 60.3. The molecule has 0 saturated carbocycles. The first-order valence-electron chi connectivity index (χ1n) is 21.0. The van der Waals surface area contributed by atoms with Gasteiger partial charge in [0, 0.05) is 62.7 Å². The molecule has 10 rings (SSSR count). The van der Waals surface area contributed by atoms with Gasteiger partial charge in [0.15, 0.2) is 0 Å². The highest BCUT2D eigenvalue weighted by atomic mass is 19.1. The summed E-state index contributed by atoms with van der Waals surface area (Å²) in [5, 5.41) is 22.5. The van der Waals surface area contributed by atoms with E-state index < -0.39 is 23.3 Å². The molecule has 0 aliphatic carbocycles. The fourth-order valence-corrected chi connectivity index (χ4v) is 8.11. The molecule has 0 unspecified atom stereocenters. The number of pyridine rings is 2. The summed E-state index contributed by atoms with van der Waals surface area (Å²) in [6.07, 6.45) is 10.3. The van der Waals surface area contributed by atoms with Gasteiger partial charge in [-0.15, -0.1) is 0 Å². The molecule has 0 radical (unpaired) electrons. The number of fused-ring (bicyclic) bond motifs is 2. The van der Waals surface area contributed by atoms with Gasteiger partial charge in [0.25, 0.3) is 0 Å². The minimum atomic E-state index is -0.664. The lowest BCUT2D eigenvalue weighted by molar-refractivity contribution is 0.425. The predicted molar refractivity (Wildman–Crippen MR) is 240 cm³/mol. The number of rotatable bonds is 8. The van der Waals surface area contributed by atoms with E-state index in [-0.39, 0.29) is 22.5 Å². The van der Waals surface area contributed by atoms with Crippen LogP contribution in [0.2, 0.25) is 0 Å². The Morgan fingerprint density at radius 2 is 0.938 bits per heavy atom. The number of benzene rings is 2. The van der Waals surface area contributed by atoms with Crippen LogP contribution in [0.4, 0.5) is 52.2 Å². The molecule has 6 aromatic heterocycles. The molecule has 14 nitrogen and oxygen atoms in total. The van der Waals surface area contributed by atoms with Gasteiger partial charge in [-0.3, -0.25) is 9.97 Å². The van der Waals surface area contributed by atoms with Crippen molar-refractivity contribution in [3.8, 4) is 22.5 Å². The van der Waals surface area contributed by atoms with E-state index in [4.69, 9.17) is 0 Å².